The van der Waals surface area contributed by atoms with Crippen LogP contribution >= 0.6 is 0 Å². The molecule has 0 aromatic heterocycles. The van der Waals surface area contributed by atoms with Crippen molar-refractivity contribution in [1.82, 2.24) is 5.32 Å². The van der Waals surface area contributed by atoms with E-state index >= 15 is 0 Å². The molecule has 1 atom stereocenters. The van der Waals surface area contributed by atoms with Crippen molar-refractivity contribution in [3.8, 4) is 0 Å². The summed E-state index contributed by atoms with van der Waals surface area (Å²) in [4.78, 5) is 16.1. The van der Waals surface area contributed by atoms with Gasteiger partial charge in [0.25, 0.3) is 5.91 Å². The third-order valence-corrected chi connectivity index (χ3v) is 3.38. The van der Waals surface area contributed by atoms with Crippen molar-refractivity contribution in [1.29, 1.82) is 0 Å². The molecule has 1 aromatic carbocycles. The minimum absolute atomic E-state index is 0.00637. The van der Waals surface area contributed by atoms with Gasteiger partial charge in [0.2, 0.25) is 0 Å². The number of aliphatic imine (C=N–C) groups is 1. The minimum Gasteiger partial charge on any atom is -0.312 e. The van der Waals surface area contributed by atoms with E-state index in [-0.39, 0.29) is 5.91 Å². The number of rotatable bonds is 1. The average molecular weight is 214 g/mol. The van der Waals surface area contributed by atoms with Crippen LogP contribution in [0.3, 0.4) is 0 Å². The molecule has 0 fully saturated rings. The van der Waals surface area contributed by atoms with Gasteiger partial charge in [-0.2, -0.15) is 0 Å². The molecule has 1 N–H and O–H groups in total. The van der Waals surface area contributed by atoms with Crippen LogP contribution in [0, 0.1) is 0 Å². The summed E-state index contributed by atoms with van der Waals surface area (Å²) in [5.41, 5.74) is 2.08. The van der Waals surface area contributed by atoms with Crippen LogP contribution in [0.5, 0.6) is 0 Å². The van der Waals surface area contributed by atoms with Crippen LogP contribution in [0.1, 0.15) is 30.9 Å². The van der Waals surface area contributed by atoms with Gasteiger partial charge in [0.1, 0.15) is 11.4 Å². The van der Waals surface area contributed by atoms with E-state index in [0.29, 0.717) is 5.92 Å². The Labute approximate surface area is 94.6 Å². The van der Waals surface area contributed by atoms with Crippen LogP contribution < -0.4 is 5.32 Å². The van der Waals surface area contributed by atoms with E-state index in [0.717, 1.165) is 12.3 Å². The van der Waals surface area contributed by atoms with Gasteiger partial charge in [0, 0.05) is 5.92 Å². The molecule has 3 heteroatoms. The summed E-state index contributed by atoms with van der Waals surface area (Å²) in [5.74, 6) is 1.14. The topological polar surface area (TPSA) is 41.5 Å². The molecule has 1 aliphatic carbocycles. The lowest BCUT2D eigenvalue weighted by atomic mass is 9.77. The fraction of sp³-hybridized carbons (Fsp3) is 0.385. The lowest BCUT2D eigenvalue weighted by Gasteiger charge is -2.29. The largest absolute Gasteiger partial charge is 0.312 e. The summed E-state index contributed by atoms with van der Waals surface area (Å²) < 4.78 is 0. The maximum absolute atomic E-state index is 11.6. The van der Waals surface area contributed by atoms with Gasteiger partial charge in [0.15, 0.2) is 0 Å². The molecule has 1 unspecified atom stereocenters. The monoisotopic (exact) mass is 214 g/mol. The number of carbonyl (C=O) groups excluding carboxylic acids is 1. The highest BCUT2D eigenvalue weighted by Crippen LogP contribution is 2.37. The Bertz CT molecular complexity index is 502. The molecule has 3 rings (SSSR count). The molecular weight excluding hydrogens is 200 g/mol. The number of amides is 1. The molecule has 1 heterocycles. The normalized spacial score (nSPS) is 25.5. The summed E-state index contributed by atoms with van der Waals surface area (Å²) in [6, 6.07) is 8.33. The van der Waals surface area contributed by atoms with Crippen molar-refractivity contribution < 1.29 is 4.79 Å². The molecule has 16 heavy (non-hydrogen) atoms. The molecule has 0 saturated heterocycles. The summed E-state index contributed by atoms with van der Waals surface area (Å²) in [7, 11) is 0. The quantitative estimate of drug-likeness (QED) is 0.758. The molecular formula is C13H14N2O. The van der Waals surface area contributed by atoms with Crippen molar-refractivity contribution in [2.24, 2.45) is 4.99 Å². The summed E-state index contributed by atoms with van der Waals surface area (Å²) in [5, 5.41) is 2.90. The zero-order valence-electron chi connectivity index (χ0n) is 9.45. The Kier molecular flexibility index (Phi) is 1.76. The SMILES string of the molecule is CC1(C)N=C(C2Cc3ccccc32)NC1=O. The zero-order chi connectivity index (χ0) is 11.3. The number of fused-ring (bicyclic) bond motifs is 1. The van der Waals surface area contributed by atoms with Crippen molar-refractivity contribution >= 4 is 11.7 Å². The maximum atomic E-state index is 11.6. The summed E-state index contributed by atoms with van der Waals surface area (Å²) >= 11 is 0. The van der Waals surface area contributed by atoms with Crippen LogP contribution in [0.2, 0.25) is 0 Å². The predicted molar refractivity (Wildman–Crippen MR) is 62.5 cm³/mol. The standard InChI is InChI=1S/C13H14N2O/c1-13(2)12(16)14-11(15-13)10-7-8-5-3-4-6-9(8)10/h3-6,10H,7H2,1-2H3,(H,14,15,16). The first-order chi connectivity index (χ1) is 7.58. The van der Waals surface area contributed by atoms with Gasteiger partial charge in [-0.1, -0.05) is 24.3 Å². The smallest absolute Gasteiger partial charge is 0.252 e. The van der Waals surface area contributed by atoms with E-state index < -0.39 is 5.54 Å². The van der Waals surface area contributed by atoms with Crippen molar-refractivity contribution in [2.75, 3.05) is 0 Å². The Hall–Kier alpha value is -1.64. The number of nitrogens with zero attached hydrogens (tertiary/aromatic N) is 1. The van der Waals surface area contributed by atoms with Crippen LogP contribution in [0.25, 0.3) is 0 Å². The van der Waals surface area contributed by atoms with Gasteiger partial charge in [-0.25, -0.2) is 0 Å². The highest BCUT2D eigenvalue weighted by Gasteiger charge is 2.40. The van der Waals surface area contributed by atoms with E-state index in [1.165, 1.54) is 11.1 Å². The Morgan fingerprint density at radius 2 is 2.12 bits per heavy atom. The van der Waals surface area contributed by atoms with Gasteiger partial charge < -0.3 is 5.32 Å². The number of carbonyl (C=O) groups is 1. The van der Waals surface area contributed by atoms with Gasteiger partial charge in [0.05, 0.1) is 0 Å². The summed E-state index contributed by atoms with van der Waals surface area (Å²) in [6.45, 7) is 3.69. The lowest BCUT2D eigenvalue weighted by molar-refractivity contribution is -0.122. The van der Waals surface area contributed by atoms with Gasteiger partial charge in [-0.05, 0) is 31.4 Å². The number of benzene rings is 1. The van der Waals surface area contributed by atoms with E-state index in [1.807, 2.05) is 26.0 Å². The summed E-state index contributed by atoms with van der Waals surface area (Å²) in [6.07, 6.45) is 0.991. The third kappa shape index (κ3) is 1.21. The molecule has 0 saturated carbocycles. The highest BCUT2D eigenvalue weighted by atomic mass is 16.2. The molecule has 0 radical (unpaired) electrons. The van der Waals surface area contributed by atoms with Crippen LogP contribution in [-0.4, -0.2) is 17.3 Å². The first-order valence-corrected chi connectivity index (χ1v) is 5.57. The van der Waals surface area contributed by atoms with Crippen molar-refractivity contribution in [2.45, 2.75) is 31.7 Å². The molecule has 2 aliphatic rings. The molecule has 1 aromatic rings. The van der Waals surface area contributed by atoms with Crippen LogP contribution in [0.15, 0.2) is 29.3 Å². The zero-order valence-corrected chi connectivity index (χ0v) is 9.45. The van der Waals surface area contributed by atoms with E-state index in [9.17, 15) is 4.79 Å². The number of nitrogens with one attached hydrogen (secondary N) is 1. The Morgan fingerprint density at radius 1 is 1.38 bits per heavy atom. The first kappa shape index (κ1) is 9.58. The number of hydrogen-bond donors (Lipinski definition) is 1. The molecule has 0 bridgehead atoms. The first-order valence-electron chi connectivity index (χ1n) is 5.57. The van der Waals surface area contributed by atoms with Crippen LogP contribution in [0.4, 0.5) is 0 Å². The van der Waals surface area contributed by atoms with E-state index in [4.69, 9.17) is 0 Å². The Morgan fingerprint density at radius 3 is 2.75 bits per heavy atom. The predicted octanol–water partition coefficient (Wildman–Crippen LogP) is 1.63. The molecule has 0 spiro atoms. The lowest BCUT2D eigenvalue weighted by Crippen LogP contribution is -2.38. The van der Waals surface area contributed by atoms with Gasteiger partial charge in [-0.15, -0.1) is 0 Å². The molecule has 3 nitrogen and oxygen atoms in total. The van der Waals surface area contributed by atoms with Crippen molar-refractivity contribution in [3.63, 3.8) is 0 Å². The second kappa shape index (κ2) is 2.94. The van der Waals surface area contributed by atoms with Crippen LogP contribution in [-0.2, 0) is 11.2 Å². The fourth-order valence-corrected chi connectivity index (χ4v) is 2.32. The second-order valence-electron chi connectivity index (χ2n) is 4.97. The molecule has 1 aliphatic heterocycles. The second-order valence-corrected chi connectivity index (χ2v) is 4.97. The number of hydrogen-bond acceptors (Lipinski definition) is 2. The van der Waals surface area contributed by atoms with E-state index in [2.05, 4.69) is 22.4 Å². The minimum atomic E-state index is -0.597. The van der Waals surface area contributed by atoms with E-state index in [1.54, 1.807) is 0 Å². The average Bonchev–Trinajstić information content (AvgIpc) is 2.43. The molecule has 82 valence electrons. The number of amidine groups is 1. The van der Waals surface area contributed by atoms with Gasteiger partial charge in [-0.3, -0.25) is 9.79 Å². The maximum Gasteiger partial charge on any atom is 0.252 e. The fourth-order valence-electron chi connectivity index (χ4n) is 2.32. The molecule has 1 amide bonds. The van der Waals surface area contributed by atoms with Crippen molar-refractivity contribution in [3.05, 3.63) is 35.4 Å². The Balaban J connectivity index is 1.92. The third-order valence-electron chi connectivity index (χ3n) is 3.38. The van der Waals surface area contributed by atoms with Gasteiger partial charge >= 0.3 is 0 Å². The highest BCUT2D eigenvalue weighted by molar-refractivity contribution is 6.11.